The van der Waals surface area contributed by atoms with E-state index in [1.807, 2.05) is 38.1 Å². The maximum atomic E-state index is 11.3. The number of nitrogens with one attached hydrogen (secondary N) is 2. The van der Waals surface area contributed by atoms with Crippen molar-refractivity contribution in [2.45, 2.75) is 19.4 Å². The lowest BCUT2D eigenvalue weighted by atomic mass is 10.1. The van der Waals surface area contributed by atoms with Crippen LogP contribution in [0.3, 0.4) is 0 Å². The first-order valence-corrected chi connectivity index (χ1v) is 8.51. The molecule has 2 N–H and O–H groups in total. The van der Waals surface area contributed by atoms with Gasteiger partial charge in [-0.2, -0.15) is 4.37 Å². The van der Waals surface area contributed by atoms with Crippen LogP contribution in [0.2, 0.25) is 0 Å². The van der Waals surface area contributed by atoms with E-state index < -0.39 is 15.6 Å². The molecule has 5 nitrogen and oxygen atoms in total. The van der Waals surface area contributed by atoms with Crippen LogP contribution in [-0.4, -0.2) is 31.1 Å². The normalized spacial score (nSPS) is 12.8. The molecular weight excluding hydrogens is 282 g/mol. The largest absolute Gasteiger partial charge is 0.373 e. The van der Waals surface area contributed by atoms with Crippen LogP contribution in [0, 0.1) is 0 Å². The highest BCUT2D eigenvalue weighted by Crippen LogP contribution is 2.27. The molecule has 0 amide bonds. The Morgan fingerprint density at radius 1 is 1.32 bits per heavy atom. The minimum atomic E-state index is -3.22. The zero-order chi connectivity index (χ0) is 14.1. The number of benzene rings is 1. The van der Waals surface area contributed by atoms with Gasteiger partial charge in [0, 0.05) is 17.5 Å². The number of nitrogens with zero attached hydrogens (tertiary/aromatic N) is 1. The van der Waals surface area contributed by atoms with Crippen LogP contribution in [0.1, 0.15) is 13.8 Å². The molecule has 2 aromatic rings. The molecule has 0 spiro atoms. The average Bonchev–Trinajstić information content (AvgIpc) is 2.66. The predicted molar refractivity (Wildman–Crippen MR) is 80.2 cm³/mol. The van der Waals surface area contributed by atoms with Crippen molar-refractivity contribution in [3.63, 3.8) is 0 Å². The molecule has 7 heteroatoms. The highest BCUT2D eigenvalue weighted by atomic mass is 32.2. The summed E-state index contributed by atoms with van der Waals surface area (Å²) in [6.45, 7) is 4.17. The number of hydrogen-bond donors (Lipinski definition) is 2. The van der Waals surface area contributed by atoms with Gasteiger partial charge in [0.25, 0.3) is 0 Å². The lowest BCUT2D eigenvalue weighted by molar-refractivity contribution is 0.477. The predicted octanol–water partition coefficient (Wildman–Crippen LogP) is 2.04. The molecule has 0 atom stereocenters. The third kappa shape index (κ3) is 3.89. The van der Waals surface area contributed by atoms with Crippen LogP contribution < -0.4 is 10.0 Å². The maximum absolute atomic E-state index is 11.3. The molecule has 0 aliphatic rings. The van der Waals surface area contributed by atoms with Crippen LogP contribution in [0.25, 0.3) is 10.9 Å². The fourth-order valence-electron chi connectivity index (χ4n) is 1.86. The van der Waals surface area contributed by atoms with E-state index in [-0.39, 0.29) is 0 Å². The molecule has 1 heterocycles. The van der Waals surface area contributed by atoms with Crippen molar-refractivity contribution in [3.8, 4) is 0 Å². The molecule has 0 aliphatic carbocycles. The third-order valence-corrected chi connectivity index (χ3v) is 4.29. The highest BCUT2D eigenvalue weighted by molar-refractivity contribution is 7.88. The standard InChI is InChI=1S/C12H17N3O2S2/c1-12(2,15-19(3,16)17)8-13-11-9-6-4-5-7-10(9)14-18-11/h4-7,13,15H,8H2,1-3H3. The number of rotatable bonds is 5. The number of aromatic nitrogens is 1. The Bertz CT molecular complexity index is 677. The summed E-state index contributed by atoms with van der Waals surface area (Å²) in [6.07, 6.45) is 1.16. The van der Waals surface area contributed by atoms with Crippen LogP contribution in [0.4, 0.5) is 5.00 Å². The summed E-state index contributed by atoms with van der Waals surface area (Å²) in [5.41, 5.74) is 0.391. The van der Waals surface area contributed by atoms with Crippen molar-refractivity contribution in [3.05, 3.63) is 24.3 Å². The summed E-state index contributed by atoms with van der Waals surface area (Å²) in [7, 11) is -3.22. The quantitative estimate of drug-likeness (QED) is 0.886. The fourth-order valence-corrected chi connectivity index (χ4v) is 3.69. The zero-order valence-electron chi connectivity index (χ0n) is 11.1. The fraction of sp³-hybridized carbons (Fsp3) is 0.417. The molecule has 19 heavy (non-hydrogen) atoms. The molecule has 0 saturated carbocycles. The highest BCUT2D eigenvalue weighted by Gasteiger charge is 2.22. The third-order valence-electron chi connectivity index (χ3n) is 2.54. The molecule has 0 saturated heterocycles. The van der Waals surface area contributed by atoms with Crippen molar-refractivity contribution in [1.29, 1.82) is 0 Å². The first-order chi connectivity index (χ1) is 8.77. The van der Waals surface area contributed by atoms with E-state index in [1.54, 1.807) is 0 Å². The van der Waals surface area contributed by atoms with E-state index in [4.69, 9.17) is 0 Å². The van der Waals surface area contributed by atoms with Crippen LogP contribution in [0.15, 0.2) is 24.3 Å². The van der Waals surface area contributed by atoms with Gasteiger partial charge in [-0.25, -0.2) is 13.1 Å². The Labute approximate surface area is 117 Å². The van der Waals surface area contributed by atoms with E-state index in [2.05, 4.69) is 14.4 Å². The maximum Gasteiger partial charge on any atom is 0.209 e. The second-order valence-corrected chi connectivity index (χ2v) is 7.66. The number of hydrogen-bond acceptors (Lipinski definition) is 5. The van der Waals surface area contributed by atoms with Crippen molar-refractivity contribution in [1.82, 2.24) is 9.10 Å². The smallest absolute Gasteiger partial charge is 0.209 e. The molecule has 1 aromatic heterocycles. The van der Waals surface area contributed by atoms with Gasteiger partial charge in [-0.3, -0.25) is 0 Å². The molecule has 0 bridgehead atoms. The molecule has 0 fully saturated rings. The van der Waals surface area contributed by atoms with Gasteiger partial charge in [-0.15, -0.1) is 0 Å². The van der Waals surface area contributed by atoms with Gasteiger partial charge in [0.2, 0.25) is 10.0 Å². The lowest BCUT2D eigenvalue weighted by Crippen LogP contribution is -2.47. The van der Waals surface area contributed by atoms with E-state index in [1.165, 1.54) is 11.5 Å². The second-order valence-electron chi connectivity index (χ2n) is 5.14. The van der Waals surface area contributed by atoms with E-state index in [9.17, 15) is 8.42 Å². The Hall–Kier alpha value is -1.18. The van der Waals surface area contributed by atoms with Gasteiger partial charge in [0.15, 0.2) is 0 Å². The van der Waals surface area contributed by atoms with Crippen molar-refractivity contribution in [2.75, 3.05) is 18.1 Å². The summed E-state index contributed by atoms with van der Waals surface area (Å²) in [5, 5.41) is 5.27. The first kappa shape index (κ1) is 14.2. The van der Waals surface area contributed by atoms with Gasteiger partial charge in [0.1, 0.15) is 5.00 Å². The number of fused-ring (bicyclic) bond motifs is 1. The summed E-state index contributed by atoms with van der Waals surface area (Å²) in [4.78, 5) is 0. The van der Waals surface area contributed by atoms with Crippen molar-refractivity contribution in [2.24, 2.45) is 0 Å². The molecule has 0 radical (unpaired) electrons. The summed E-state index contributed by atoms with van der Waals surface area (Å²) in [5.74, 6) is 0. The van der Waals surface area contributed by atoms with Crippen LogP contribution in [-0.2, 0) is 10.0 Å². The molecule has 1 aromatic carbocycles. The molecule has 2 rings (SSSR count). The topological polar surface area (TPSA) is 71.1 Å². The summed E-state index contributed by atoms with van der Waals surface area (Å²) >= 11 is 1.38. The van der Waals surface area contributed by atoms with E-state index in [0.29, 0.717) is 6.54 Å². The molecule has 0 unspecified atom stereocenters. The monoisotopic (exact) mass is 299 g/mol. The van der Waals surface area contributed by atoms with Gasteiger partial charge in [-0.05, 0) is 37.5 Å². The van der Waals surface area contributed by atoms with E-state index in [0.717, 1.165) is 22.2 Å². The number of sulfonamides is 1. The second kappa shape index (κ2) is 5.07. The molecule has 104 valence electrons. The van der Waals surface area contributed by atoms with Gasteiger partial charge in [-0.1, -0.05) is 12.1 Å². The minimum Gasteiger partial charge on any atom is -0.373 e. The number of anilines is 1. The van der Waals surface area contributed by atoms with Crippen LogP contribution >= 0.6 is 11.5 Å². The van der Waals surface area contributed by atoms with E-state index >= 15 is 0 Å². The summed E-state index contributed by atoms with van der Waals surface area (Å²) < 4.78 is 29.5. The molecule has 0 aliphatic heterocycles. The first-order valence-electron chi connectivity index (χ1n) is 5.84. The minimum absolute atomic E-state index is 0.492. The Balaban J connectivity index is 2.10. The Morgan fingerprint density at radius 3 is 2.68 bits per heavy atom. The zero-order valence-corrected chi connectivity index (χ0v) is 12.7. The van der Waals surface area contributed by atoms with Crippen LogP contribution in [0.5, 0.6) is 0 Å². The lowest BCUT2D eigenvalue weighted by Gasteiger charge is -2.25. The van der Waals surface area contributed by atoms with Gasteiger partial charge >= 0.3 is 0 Å². The van der Waals surface area contributed by atoms with Crippen molar-refractivity contribution >= 4 is 37.5 Å². The summed E-state index contributed by atoms with van der Waals surface area (Å²) in [6, 6.07) is 7.86. The SMILES string of the molecule is CC(C)(CNc1snc2ccccc12)NS(C)(=O)=O. The Morgan fingerprint density at radius 2 is 2.00 bits per heavy atom. The van der Waals surface area contributed by atoms with Gasteiger partial charge in [0.05, 0.1) is 11.8 Å². The Kier molecular flexibility index (Phi) is 3.80. The van der Waals surface area contributed by atoms with Gasteiger partial charge < -0.3 is 5.32 Å². The average molecular weight is 299 g/mol. The van der Waals surface area contributed by atoms with Crippen molar-refractivity contribution < 1.29 is 8.42 Å². The molecular formula is C12H17N3O2S2.